The van der Waals surface area contributed by atoms with Crippen LogP contribution in [-0.4, -0.2) is 18.5 Å². The van der Waals surface area contributed by atoms with E-state index >= 15 is 0 Å². The molecule has 0 heterocycles. The van der Waals surface area contributed by atoms with Crippen molar-refractivity contribution >= 4 is 27.9 Å². The molecule has 0 saturated heterocycles. The Bertz CT molecular complexity index is 451. The van der Waals surface area contributed by atoms with Crippen LogP contribution in [0.25, 0.3) is 0 Å². The van der Waals surface area contributed by atoms with Crippen LogP contribution in [-0.2, 0) is 25.7 Å². The number of rotatable bonds is 6. The summed E-state index contributed by atoms with van der Waals surface area (Å²) in [5, 5.41) is 0. The van der Waals surface area contributed by atoms with Gasteiger partial charge in [-0.25, -0.2) is 9.59 Å². The van der Waals surface area contributed by atoms with Crippen molar-refractivity contribution in [3.05, 3.63) is 46.5 Å². The first-order valence-corrected chi connectivity index (χ1v) is 6.67. The van der Waals surface area contributed by atoms with E-state index in [0.29, 0.717) is 6.61 Å². The summed E-state index contributed by atoms with van der Waals surface area (Å²) in [6.07, 6.45) is 2.88. The first-order valence-electron chi connectivity index (χ1n) is 5.88. The van der Waals surface area contributed by atoms with Gasteiger partial charge in [-0.05, 0) is 24.1 Å². The van der Waals surface area contributed by atoms with Gasteiger partial charge in [-0.15, -0.1) is 0 Å². The fraction of sp³-hybridized carbons (Fsp3) is 0.286. The molecule has 0 amide bonds. The molecular weight excluding hydrogens is 312 g/mol. The highest BCUT2D eigenvalue weighted by Crippen LogP contribution is 2.11. The highest BCUT2D eigenvalue weighted by Gasteiger charge is 2.01. The number of hydrogen-bond donors (Lipinski definition) is 0. The van der Waals surface area contributed by atoms with Gasteiger partial charge in [0.25, 0.3) is 0 Å². The average Bonchev–Trinajstić information content (AvgIpc) is 2.42. The molecule has 1 aromatic rings. The minimum atomic E-state index is -0.573. The maximum atomic E-state index is 11.3. The van der Waals surface area contributed by atoms with E-state index in [1.807, 2.05) is 31.2 Å². The van der Waals surface area contributed by atoms with Crippen LogP contribution in [0, 0.1) is 0 Å². The maximum absolute atomic E-state index is 11.3. The third kappa shape index (κ3) is 6.76. The van der Waals surface area contributed by atoms with Crippen molar-refractivity contribution in [3.8, 4) is 0 Å². The Hall–Kier alpha value is -1.62. The molecule has 0 saturated carbocycles. The maximum Gasteiger partial charge on any atom is 0.331 e. The van der Waals surface area contributed by atoms with Gasteiger partial charge in [-0.2, -0.15) is 0 Å². The van der Waals surface area contributed by atoms with Gasteiger partial charge in [0, 0.05) is 16.6 Å². The number of carbonyl (C=O) groups is 2. The predicted molar refractivity (Wildman–Crippen MR) is 74.3 cm³/mol. The van der Waals surface area contributed by atoms with E-state index in [0.717, 1.165) is 28.6 Å². The number of carbonyl (C=O) groups excluding carboxylic acids is 2. The van der Waals surface area contributed by atoms with Crippen molar-refractivity contribution in [3.63, 3.8) is 0 Å². The van der Waals surface area contributed by atoms with Crippen LogP contribution < -0.4 is 0 Å². The standard InChI is InChI=1S/C14H15BrO4/c1-2-9-18-13(16)7-8-14(17)19-10-11-3-5-12(15)6-4-11/h3-8H,2,9-10H2,1H3/b8-7+. The van der Waals surface area contributed by atoms with E-state index in [4.69, 9.17) is 9.47 Å². The number of esters is 2. The van der Waals surface area contributed by atoms with E-state index in [-0.39, 0.29) is 6.61 Å². The second-order valence-electron chi connectivity index (χ2n) is 3.74. The van der Waals surface area contributed by atoms with Gasteiger partial charge in [-0.1, -0.05) is 35.0 Å². The smallest absolute Gasteiger partial charge is 0.331 e. The zero-order chi connectivity index (χ0) is 14.1. The summed E-state index contributed by atoms with van der Waals surface area (Å²) in [4.78, 5) is 22.4. The zero-order valence-corrected chi connectivity index (χ0v) is 12.2. The Kier molecular flexibility index (Phi) is 6.89. The topological polar surface area (TPSA) is 52.6 Å². The van der Waals surface area contributed by atoms with Gasteiger partial charge in [0.2, 0.25) is 0 Å². The molecule has 0 N–H and O–H groups in total. The number of ether oxygens (including phenoxy) is 2. The minimum Gasteiger partial charge on any atom is -0.463 e. The molecule has 102 valence electrons. The number of halogens is 1. The highest BCUT2D eigenvalue weighted by atomic mass is 79.9. The second kappa shape index (κ2) is 8.48. The van der Waals surface area contributed by atoms with Gasteiger partial charge in [0.15, 0.2) is 0 Å². The van der Waals surface area contributed by atoms with Crippen molar-refractivity contribution in [2.24, 2.45) is 0 Å². The fourth-order valence-corrected chi connectivity index (χ4v) is 1.43. The van der Waals surface area contributed by atoms with Crippen molar-refractivity contribution < 1.29 is 19.1 Å². The molecule has 5 heteroatoms. The molecule has 0 atom stereocenters. The lowest BCUT2D eigenvalue weighted by Crippen LogP contribution is -2.05. The Balaban J connectivity index is 2.33. The molecule has 1 aromatic carbocycles. The molecule has 0 radical (unpaired) electrons. The Morgan fingerprint density at radius 1 is 1.11 bits per heavy atom. The van der Waals surface area contributed by atoms with E-state index in [9.17, 15) is 9.59 Å². The van der Waals surface area contributed by atoms with Gasteiger partial charge in [-0.3, -0.25) is 0 Å². The normalized spacial score (nSPS) is 10.4. The van der Waals surface area contributed by atoms with Crippen LogP contribution in [0.4, 0.5) is 0 Å². The zero-order valence-electron chi connectivity index (χ0n) is 10.6. The van der Waals surface area contributed by atoms with Crippen molar-refractivity contribution in [2.45, 2.75) is 20.0 Å². The molecule has 4 nitrogen and oxygen atoms in total. The van der Waals surface area contributed by atoms with Crippen molar-refractivity contribution in [1.29, 1.82) is 0 Å². The lowest BCUT2D eigenvalue weighted by atomic mass is 10.2. The first-order chi connectivity index (χ1) is 9.11. The Morgan fingerprint density at radius 2 is 1.68 bits per heavy atom. The Morgan fingerprint density at radius 3 is 2.26 bits per heavy atom. The molecule has 0 aromatic heterocycles. The molecule has 0 spiro atoms. The molecule has 19 heavy (non-hydrogen) atoms. The molecule has 1 rings (SSSR count). The average molecular weight is 327 g/mol. The third-order valence-electron chi connectivity index (χ3n) is 2.10. The van der Waals surface area contributed by atoms with E-state index in [1.165, 1.54) is 0 Å². The lowest BCUT2D eigenvalue weighted by Gasteiger charge is -2.02. The molecular formula is C14H15BrO4. The predicted octanol–water partition coefficient (Wildman–Crippen LogP) is 3.00. The van der Waals surface area contributed by atoms with Gasteiger partial charge >= 0.3 is 11.9 Å². The summed E-state index contributed by atoms with van der Waals surface area (Å²) in [5.41, 5.74) is 0.874. The van der Waals surface area contributed by atoms with E-state index in [1.54, 1.807) is 0 Å². The molecule has 0 aliphatic heterocycles. The van der Waals surface area contributed by atoms with Crippen molar-refractivity contribution in [1.82, 2.24) is 0 Å². The summed E-state index contributed by atoms with van der Waals surface area (Å²) in [6.45, 7) is 2.40. The monoisotopic (exact) mass is 326 g/mol. The first kappa shape index (κ1) is 15.4. The summed E-state index contributed by atoms with van der Waals surface area (Å²) < 4.78 is 10.7. The van der Waals surface area contributed by atoms with Crippen LogP contribution in [0.5, 0.6) is 0 Å². The van der Waals surface area contributed by atoms with Crippen LogP contribution in [0.2, 0.25) is 0 Å². The van der Waals surface area contributed by atoms with Gasteiger partial charge < -0.3 is 9.47 Å². The quantitative estimate of drug-likeness (QED) is 0.595. The molecule has 0 fully saturated rings. The molecule has 0 aliphatic rings. The summed E-state index contributed by atoms with van der Waals surface area (Å²) in [7, 11) is 0. The highest BCUT2D eigenvalue weighted by molar-refractivity contribution is 9.10. The minimum absolute atomic E-state index is 0.167. The Labute approximate surface area is 120 Å². The van der Waals surface area contributed by atoms with Crippen LogP contribution in [0.1, 0.15) is 18.9 Å². The van der Waals surface area contributed by atoms with Gasteiger partial charge in [0.05, 0.1) is 6.61 Å². The van der Waals surface area contributed by atoms with Crippen LogP contribution in [0.3, 0.4) is 0 Å². The van der Waals surface area contributed by atoms with Crippen molar-refractivity contribution in [2.75, 3.05) is 6.61 Å². The van der Waals surface area contributed by atoms with E-state index in [2.05, 4.69) is 15.9 Å². The third-order valence-corrected chi connectivity index (χ3v) is 2.63. The summed E-state index contributed by atoms with van der Waals surface area (Å²) in [6, 6.07) is 7.41. The lowest BCUT2D eigenvalue weighted by molar-refractivity contribution is -0.141. The number of hydrogen-bond acceptors (Lipinski definition) is 4. The fourth-order valence-electron chi connectivity index (χ4n) is 1.17. The second-order valence-corrected chi connectivity index (χ2v) is 4.65. The number of benzene rings is 1. The molecule has 0 bridgehead atoms. The summed E-state index contributed by atoms with van der Waals surface area (Å²) >= 11 is 3.32. The van der Waals surface area contributed by atoms with Gasteiger partial charge in [0.1, 0.15) is 6.61 Å². The van der Waals surface area contributed by atoms with E-state index < -0.39 is 11.9 Å². The largest absolute Gasteiger partial charge is 0.463 e. The van der Waals surface area contributed by atoms with Crippen LogP contribution in [0.15, 0.2) is 40.9 Å². The molecule has 0 aliphatic carbocycles. The molecule has 0 unspecified atom stereocenters. The summed E-state index contributed by atoms with van der Waals surface area (Å²) in [5.74, 6) is -1.11. The SMILES string of the molecule is CCCOC(=O)/C=C/C(=O)OCc1ccc(Br)cc1. The van der Waals surface area contributed by atoms with Crippen LogP contribution >= 0.6 is 15.9 Å².